The molecule has 2 rings (SSSR count). The molecule has 2 aromatic carbocycles. The summed E-state index contributed by atoms with van der Waals surface area (Å²) in [6.45, 7) is 8.08. The molecule has 0 aromatic heterocycles. The third kappa shape index (κ3) is 7.55. The van der Waals surface area contributed by atoms with Crippen LogP contribution in [0.1, 0.15) is 38.3 Å². The lowest BCUT2D eigenvalue weighted by molar-refractivity contribution is -0.141. The maximum absolute atomic E-state index is 13.4. The molecule has 0 saturated heterocycles. The van der Waals surface area contributed by atoms with E-state index in [1.165, 1.54) is 36.2 Å². The van der Waals surface area contributed by atoms with Gasteiger partial charge in [-0.3, -0.25) is 9.59 Å². The molecule has 186 valence electrons. The average molecular weight is 508 g/mol. The number of sulfonamides is 1. The highest BCUT2D eigenvalue weighted by Gasteiger charge is 2.31. The Kier molecular flexibility index (Phi) is 10.1. The Hall–Kier alpha value is -2.42. The van der Waals surface area contributed by atoms with E-state index in [0.29, 0.717) is 18.0 Å². The van der Waals surface area contributed by atoms with Crippen LogP contribution in [-0.4, -0.2) is 55.6 Å². The van der Waals surface area contributed by atoms with Gasteiger partial charge in [-0.05, 0) is 49.1 Å². The highest BCUT2D eigenvalue weighted by Crippen LogP contribution is 2.19. The fourth-order valence-electron chi connectivity index (χ4n) is 3.39. The van der Waals surface area contributed by atoms with Crippen molar-refractivity contribution in [3.05, 3.63) is 64.7 Å². The molecular formula is C25H34ClN3O4S. The van der Waals surface area contributed by atoms with E-state index in [1.54, 1.807) is 0 Å². The van der Waals surface area contributed by atoms with Gasteiger partial charge in [0.05, 0.1) is 11.4 Å². The van der Waals surface area contributed by atoms with Crippen molar-refractivity contribution in [1.82, 2.24) is 14.5 Å². The molecule has 9 heteroatoms. The van der Waals surface area contributed by atoms with Crippen LogP contribution in [0.4, 0.5) is 0 Å². The molecule has 7 nitrogen and oxygen atoms in total. The predicted octanol–water partition coefficient (Wildman–Crippen LogP) is 3.85. The number of benzene rings is 2. The molecule has 0 fully saturated rings. The van der Waals surface area contributed by atoms with Crippen LogP contribution < -0.4 is 5.32 Å². The maximum Gasteiger partial charge on any atom is 0.243 e. The van der Waals surface area contributed by atoms with Crippen LogP contribution in [0.5, 0.6) is 0 Å². The molecule has 1 N–H and O–H groups in total. The number of nitrogens with zero attached hydrogens (tertiary/aromatic N) is 2. The van der Waals surface area contributed by atoms with Crippen molar-refractivity contribution in [2.75, 3.05) is 20.1 Å². The molecular weight excluding hydrogens is 474 g/mol. The summed E-state index contributed by atoms with van der Waals surface area (Å²) in [6.07, 6.45) is 0.398. The summed E-state index contributed by atoms with van der Waals surface area (Å²) in [6, 6.07) is 12.7. The van der Waals surface area contributed by atoms with Crippen LogP contribution in [0.25, 0.3) is 0 Å². The largest absolute Gasteiger partial charge is 0.354 e. The highest BCUT2D eigenvalue weighted by molar-refractivity contribution is 7.89. The standard InChI is InChI=1S/C25H34ClN3O4S/c1-6-23(25(31)27-15-18(2)3)29(16-20-9-7-19(4)8-10-20)24(30)17-28(5)34(32,33)22-13-11-21(26)12-14-22/h7-14,18,23H,6,15-17H2,1-5H3,(H,27,31). The van der Waals surface area contributed by atoms with Crippen molar-refractivity contribution < 1.29 is 18.0 Å². The summed E-state index contributed by atoms with van der Waals surface area (Å²) < 4.78 is 27.0. The van der Waals surface area contributed by atoms with Crippen LogP contribution in [0, 0.1) is 12.8 Å². The van der Waals surface area contributed by atoms with Gasteiger partial charge in [0.2, 0.25) is 21.8 Å². The lowest BCUT2D eigenvalue weighted by atomic mass is 10.1. The topological polar surface area (TPSA) is 86.8 Å². The summed E-state index contributed by atoms with van der Waals surface area (Å²) in [5.41, 5.74) is 1.94. The third-order valence-electron chi connectivity index (χ3n) is 5.42. The summed E-state index contributed by atoms with van der Waals surface area (Å²) >= 11 is 5.87. The first kappa shape index (κ1) is 27.8. The number of amides is 2. The maximum atomic E-state index is 13.4. The van der Waals surface area contributed by atoms with Gasteiger partial charge in [0.15, 0.2) is 0 Å². The van der Waals surface area contributed by atoms with Gasteiger partial charge in [-0.2, -0.15) is 4.31 Å². The lowest BCUT2D eigenvalue weighted by Crippen LogP contribution is -2.52. The second-order valence-electron chi connectivity index (χ2n) is 8.79. The molecule has 0 aliphatic heterocycles. The first-order valence-corrected chi connectivity index (χ1v) is 13.1. The van der Waals surface area contributed by atoms with E-state index in [0.717, 1.165) is 15.4 Å². The van der Waals surface area contributed by atoms with Gasteiger partial charge in [0.25, 0.3) is 0 Å². The Morgan fingerprint density at radius 2 is 1.62 bits per heavy atom. The van der Waals surface area contributed by atoms with E-state index in [9.17, 15) is 18.0 Å². The number of hydrogen-bond donors (Lipinski definition) is 1. The van der Waals surface area contributed by atoms with Crippen molar-refractivity contribution in [2.45, 2.75) is 51.6 Å². The summed E-state index contributed by atoms with van der Waals surface area (Å²) in [7, 11) is -2.56. The zero-order valence-electron chi connectivity index (χ0n) is 20.4. The van der Waals surface area contributed by atoms with Gasteiger partial charge in [0.1, 0.15) is 6.04 Å². The Morgan fingerprint density at radius 3 is 2.15 bits per heavy atom. The SMILES string of the molecule is CCC(C(=O)NCC(C)C)N(Cc1ccc(C)cc1)C(=O)CN(C)S(=O)(=O)c1ccc(Cl)cc1. The molecule has 34 heavy (non-hydrogen) atoms. The summed E-state index contributed by atoms with van der Waals surface area (Å²) in [5.74, 6) is -0.439. The Labute approximate surface area is 208 Å². The summed E-state index contributed by atoms with van der Waals surface area (Å²) in [5, 5.41) is 3.32. The van der Waals surface area contributed by atoms with Crippen LogP contribution in [0.3, 0.4) is 0 Å². The van der Waals surface area contributed by atoms with Gasteiger partial charge in [-0.15, -0.1) is 0 Å². The molecule has 1 atom stereocenters. The second-order valence-corrected chi connectivity index (χ2v) is 11.3. The molecule has 0 aliphatic carbocycles. The van der Waals surface area contributed by atoms with Crippen molar-refractivity contribution in [2.24, 2.45) is 5.92 Å². The van der Waals surface area contributed by atoms with E-state index < -0.39 is 28.5 Å². The van der Waals surface area contributed by atoms with Gasteiger partial charge in [0, 0.05) is 25.2 Å². The van der Waals surface area contributed by atoms with Crippen LogP contribution in [0.2, 0.25) is 5.02 Å². The zero-order valence-corrected chi connectivity index (χ0v) is 22.0. The fourth-order valence-corrected chi connectivity index (χ4v) is 4.63. The molecule has 2 aromatic rings. The number of rotatable bonds is 11. The quantitative estimate of drug-likeness (QED) is 0.500. The molecule has 0 radical (unpaired) electrons. The van der Waals surface area contributed by atoms with E-state index in [-0.39, 0.29) is 23.3 Å². The monoisotopic (exact) mass is 507 g/mol. The Bertz CT molecular complexity index is 1070. The number of halogens is 1. The minimum atomic E-state index is -3.91. The summed E-state index contributed by atoms with van der Waals surface area (Å²) in [4.78, 5) is 27.9. The smallest absolute Gasteiger partial charge is 0.243 e. The molecule has 0 saturated carbocycles. The van der Waals surface area contributed by atoms with Crippen LogP contribution in [0.15, 0.2) is 53.4 Å². The highest BCUT2D eigenvalue weighted by atomic mass is 35.5. The van der Waals surface area contributed by atoms with Crippen molar-refractivity contribution in [3.8, 4) is 0 Å². The molecule has 0 bridgehead atoms. The minimum absolute atomic E-state index is 0.0407. The third-order valence-corrected chi connectivity index (χ3v) is 7.49. The lowest BCUT2D eigenvalue weighted by Gasteiger charge is -2.32. The van der Waals surface area contributed by atoms with E-state index >= 15 is 0 Å². The number of hydrogen-bond acceptors (Lipinski definition) is 4. The second kappa shape index (κ2) is 12.3. The Balaban J connectivity index is 2.30. The molecule has 0 spiro atoms. The first-order valence-electron chi connectivity index (χ1n) is 11.3. The van der Waals surface area contributed by atoms with Gasteiger partial charge < -0.3 is 10.2 Å². The van der Waals surface area contributed by atoms with Gasteiger partial charge >= 0.3 is 0 Å². The Morgan fingerprint density at radius 1 is 1.03 bits per heavy atom. The van der Waals surface area contributed by atoms with Gasteiger partial charge in [-0.25, -0.2) is 8.42 Å². The van der Waals surface area contributed by atoms with E-state index in [2.05, 4.69) is 5.32 Å². The van der Waals surface area contributed by atoms with E-state index in [4.69, 9.17) is 11.6 Å². The first-order chi connectivity index (χ1) is 15.9. The number of carbonyl (C=O) groups is 2. The van der Waals surface area contributed by atoms with Crippen LogP contribution >= 0.6 is 11.6 Å². The minimum Gasteiger partial charge on any atom is -0.354 e. The van der Waals surface area contributed by atoms with Crippen molar-refractivity contribution in [1.29, 1.82) is 0 Å². The average Bonchev–Trinajstić information content (AvgIpc) is 2.79. The van der Waals surface area contributed by atoms with E-state index in [1.807, 2.05) is 52.0 Å². The fraction of sp³-hybridized carbons (Fsp3) is 0.440. The van der Waals surface area contributed by atoms with Crippen molar-refractivity contribution in [3.63, 3.8) is 0 Å². The van der Waals surface area contributed by atoms with Crippen LogP contribution in [-0.2, 0) is 26.2 Å². The number of carbonyl (C=O) groups excluding carboxylic acids is 2. The number of aryl methyl sites for hydroxylation is 1. The van der Waals surface area contributed by atoms with Gasteiger partial charge in [-0.1, -0.05) is 62.2 Å². The number of likely N-dealkylation sites (N-methyl/N-ethyl adjacent to an activating group) is 1. The molecule has 0 aliphatic rings. The normalized spacial score (nSPS) is 12.6. The molecule has 0 heterocycles. The zero-order chi connectivity index (χ0) is 25.5. The molecule has 1 unspecified atom stereocenters. The predicted molar refractivity (Wildman–Crippen MR) is 135 cm³/mol. The van der Waals surface area contributed by atoms with Crippen molar-refractivity contribution >= 4 is 33.4 Å². The number of nitrogens with one attached hydrogen (secondary N) is 1. The molecule has 2 amide bonds.